The summed E-state index contributed by atoms with van der Waals surface area (Å²) in [4.78, 5) is 18.0. The average Bonchev–Trinajstić information content (AvgIpc) is 3.08. The molecule has 0 aliphatic carbocycles. The zero-order chi connectivity index (χ0) is 18.5. The Morgan fingerprint density at radius 3 is 2.38 bits per heavy atom. The topological polar surface area (TPSA) is 89.6 Å². The van der Waals surface area contributed by atoms with Gasteiger partial charge in [0.1, 0.15) is 11.5 Å². The summed E-state index contributed by atoms with van der Waals surface area (Å²) in [7, 11) is 0. The highest BCUT2D eigenvalue weighted by molar-refractivity contribution is 5.58. The Labute approximate surface area is 153 Å². The van der Waals surface area contributed by atoms with Gasteiger partial charge in [-0.2, -0.15) is 4.98 Å². The molecule has 3 aromatic rings. The molecule has 0 amide bonds. The summed E-state index contributed by atoms with van der Waals surface area (Å²) in [6.45, 7) is 9.87. The van der Waals surface area contributed by atoms with Crippen LogP contribution in [0.3, 0.4) is 0 Å². The molecule has 0 aliphatic rings. The van der Waals surface area contributed by atoms with Crippen LogP contribution in [0.25, 0.3) is 23.0 Å². The van der Waals surface area contributed by atoms with Crippen LogP contribution in [0.2, 0.25) is 0 Å². The number of aryl methyl sites for hydroxylation is 4. The van der Waals surface area contributed by atoms with E-state index in [0.29, 0.717) is 17.4 Å². The molecule has 3 rings (SSSR count). The fourth-order valence-corrected chi connectivity index (χ4v) is 2.81. The lowest BCUT2D eigenvalue weighted by atomic mass is 10.2. The van der Waals surface area contributed by atoms with Gasteiger partial charge in [0.25, 0.3) is 5.89 Å². The molecule has 0 aromatic carbocycles. The van der Waals surface area contributed by atoms with Crippen LogP contribution in [0.4, 0.5) is 0 Å². The number of rotatable bonds is 7. The average molecular weight is 352 g/mol. The first-order valence-corrected chi connectivity index (χ1v) is 8.90. The summed E-state index contributed by atoms with van der Waals surface area (Å²) in [5.74, 6) is 1.75. The molecule has 0 bridgehead atoms. The third kappa shape index (κ3) is 4.49. The molecule has 26 heavy (non-hydrogen) atoms. The van der Waals surface area contributed by atoms with Crippen LogP contribution < -0.4 is 5.32 Å². The van der Waals surface area contributed by atoms with Crippen LogP contribution in [0, 0.1) is 20.8 Å². The Morgan fingerprint density at radius 1 is 0.923 bits per heavy atom. The van der Waals surface area contributed by atoms with Crippen molar-refractivity contribution in [2.45, 2.75) is 40.5 Å². The maximum Gasteiger partial charge on any atom is 0.276 e. The predicted octanol–water partition coefficient (Wildman–Crippen LogP) is 3.06. The summed E-state index contributed by atoms with van der Waals surface area (Å²) in [5.41, 5.74) is 4.29. The largest absolute Gasteiger partial charge is 0.332 e. The molecular formula is C19H24N6O. The number of aromatic nitrogens is 5. The van der Waals surface area contributed by atoms with Gasteiger partial charge < -0.3 is 9.84 Å². The number of pyridine rings is 1. The molecule has 0 fully saturated rings. The number of hydrogen-bond acceptors (Lipinski definition) is 7. The van der Waals surface area contributed by atoms with Crippen LogP contribution >= 0.6 is 0 Å². The fourth-order valence-electron chi connectivity index (χ4n) is 2.81. The lowest BCUT2D eigenvalue weighted by Crippen LogP contribution is -2.15. The van der Waals surface area contributed by atoms with Crippen LogP contribution in [0.1, 0.15) is 36.3 Å². The first kappa shape index (κ1) is 18.1. The second-order valence-electron chi connectivity index (χ2n) is 6.33. The summed E-state index contributed by atoms with van der Waals surface area (Å²) in [6.07, 6.45) is 1.80. The quantitative estimate of drug-likeness (QED) is 0.654. The fraction of sp³-hybridized carbons (Fsp3) is 0.421. The highest BCUT2D eigenvalue weighted by Crippen LogP contribution is 2.22. The molecular weight excluding hydrogens is 328 g/mol. The lowest BCUT2D eigenvalue weighted by molar-refractivity contribution is 0.430. The first-order chi connectivity index (χ1) is 12.5. The standard InChI is InChI=1S/C19H24N6O/c1-5-20-8-6-7-17-22-14(4)11-16(23-17)19-24-18(25-26-19)15-9-12(2)21-13(3)10-15/h9-11,20H,5-8H2,1-4H3. The Balaban J connectivity index is 1.83. The van der Waals surface area contributed by atoms with E-state index >= 15 is 0 Å². The normalized spacial score (nSPS) is 11.1. The van der Waals surface area contributed by atoms with Gasteiger partial charge in [-0.15, -0.1) is 0 Å². The van der Waals surface area contributed by atoms with Gasteiger partial charge in [-0.3, -0.25) is 4.98 Å². The number of hydrogen-bond donors (Lipinski definition) is 1. The van der Waals surface area contributed by atoms with Crippen LogP contribution in [-0.2, 0) is 6.42 Å². The molecule has 0 atom stereocenters. The summed E-state index contributed by atoms with van der Waals surface area (Å²) in [5, 5.41) is 7.42. The Hall–Kier alpha value is -2.67. The molecule has 0 unspecified atom stereocenters. The zero-order valence-corrected chi connectivity index (χ0v) is 15.7. The molecule has 0 radical (unpaired) electrons. The highest BCUT2D eigenvalue weighted by Gasteiger charge is 2.14. The molecule has 0 saturated heterocycles. The van der Waals surface area contributed by atoms with E-state index in [2.05, 4.69) is 37.3 Å². The maximum atomic E-state index is 5.45. The van der Waals surface area contributed by atoms with Crippen molar-refractivity contribution in [3.63, 3.8) is 0 Å². The van der Waals surface area contributed by atoms with Crippen molar-refractivity contribution in [3.05, 3.63) is 41.1 Å². The monoisotopic (exact) mass is 352 g/mol. The molecule has 3 aromatic heterocycles. The van der Waals surface area contributed by atoms with Gasteiger partial charge >= 0.3 is 0 Å². The van der Waals surface area contributed by atoms with Gasteiger partial charge in [0.2, 0.25) is 5.82 Å². The smallest absolute Gasteiger partial charge is 0.276 e. The summed E-state index contributed by atoms with van der Waals surface area (Å²) >= 11 is 0. The van der Waals surface area contributed by atoms with E-state index in [-0.39, 0.29) is 0 Å². The number of nitrogens with one attached hydrogen (secondary N) is 1. The van der Waals surface area contributed by atoms with Crippen molar-refractivity contribution >= 4 is 0 Å². The molecule has 0 spiro atoms. The Kier molecular flexibility index (Phi) is 5.68. The minimum absolute atomic E-state index is 0.408. The van der Waals surface area contributed by atoms with E-state index in [4.69, 9.17) is 4.52 Å². The third-order valence-corrected chi connectivity index (χ3v) is 3.89. The maximum absolute atomic E-state index is 5.45. The van der Waals surface area contributed by atoms with Gasteiger partial charge in [0.05, 0.1) is 0 Å². The minimum atomic E-state index is 0.408. The highest BCUT2D eigenvalue weighted by atomic mass is 16.5. The van der Waals surface area contributed by atoms with Gasteiger partial charge in [-0.25, -0.2) is 9.97 Å². The lowest BCUT2D eigenvalue weighted by Gasteiger charge is -2.04. The second-order valence-corrected chi connectivity index (χ2v) is 6.33. The van der Waals surface area contributed by atoms with Gasteiger partial charge in [-0.1, -0.05) is 12.1 Å². The molecule has 3 heterocycles. The van der Waals surface area contributed by atoms with E-state index in [1.165, 1.54) is 0 Å². The molecule has 7 nitrogen and oxygen atoms in total. The van der Waals surface area contributed by atoms with Crippen molar-refractivity contribution in [1.29, 1.82) is 0 Å². The molecule has 0 aliphatic heterocycles. The van der Waals surface area contributed by atoms with Crippen LogP contribution in [0.15, 0.2) is 22.7 Å². The summed E-state index contributed by atoms with van der Waals surface area (Å²) < 4.78 is 5.45. The van der Waals surface area contributed by atoms with Crippen molar-refractivity contribution in [1.82, 2.24) is 30.4 Å². The molecule has 7 heteroatoms. The van der Waals surface area contributed by atoms with E-state index < -0.39 is 0 Å². The second kappa shape index (κ2) is 8.14. The minimum Gasteiger partial charge on any atom is -0.332 e. The molecule has 0 saturated carbocycles. The van der Waals surface area contributed by atoms with Gasteiger partial charge in [0, 0.05) is 29.1 Å². The van der Waals surface area contributed by atoms with Crippen molar-refractivity contribution in [2.24, 2.45) is 0 Å². The van der Waals surface area contributed by atoms with Crippen molar-refractivity contribution in [2.75, 3.05) is 13.1 Å². The number of nitrogens with zero attached hydrogens (tertiary/aromatic N) is 5. The predicted molar refractivity (Wildman–Crippen MR) is 99.6 cm³/mol. The van der Waals surface area contributed by atoms with Crippen LogP contribution in [-0.4, -0.2) is 38.2 Å². The van der Waals surface area contributed by atoms with Crippen LogP contribution in [0.5, 0.6) is 0 Å². The first-order valence-electron chi connectivity index (χ1n) is 8.90. The van der Waals surface area contributed by atoms with E-state index in [1.54, 1.807) is 0 Å². The van der Waals surface area contributed by atoms with E-state index in [0.717, 1.165) is 54.4 Å². The van der Waals surface area contributed by atoms with Gasteiger partial charge in [-0.05, 0) is 58.5 Å². The SMILES string of the molecule is CCNCCCc1nc(C)cc(-c2nc(-c3cc(C)nc(C)c3)no2)n1. The Bertz CT molecular complexity index is 869. The molecule has 1 N–H and O–H groups in total. The Morgan fingerprint density at radius 2 is 1.65 bits per heavy atom. The third-order valence-electron chi connectivity index (χ3n) is 3.89. The van der Waals surface area contributed by atoms with Gasteiger partial charge in [0.15, 0.2) is 0 Å². The van der Waals surface area contributed by atoms with Crippen molar-refractivity contribution < 1.29 is 4.52 Å². The van der Waals surface area contributed by atoms with Crippen molar-refractivity contribution in [3.8, 4) is 23.0 Å². The van der Waals surface area contributed by atoms with E-state index in [9.17, 15) is 0 Å². The molecule has 136 valence electrons. The zero-order valence-electron chi connectivity index (χ0n) is 15.7. The summed E-state index contributed by atoms with van der Waals surface area (Å²) in [6, 6.07) is 5.76. The van der Waals surface area contributed by atoms with E-state index in [1.807, 2.05) is 39.0 Å².